The molecular formula is C12H12BrClN4S. The highest BCUT2D eigenvalue weighted by molar-refractivity contribution is 9.10. The molecule has 0 unspecified atom stereocenters. The van der Waals surface area contributed by atoms with Crippen LogP contribution in [-0.4, -0.2) is 15.0 Å². The number of halogens is 2. The van der Waals surface area contributed by atoms with Crippen LogP contribution in [-0.2, 0) is 0 Å². The lowest BCUT2D eigenvalue weighted by atomic mass is 10.0. The van der Waals surface area contributed by atoms with Crippen molar-refractivity contribution in [3.05, 3.63) is 20.7 Å². The van der Waals surface area contributed by atoms with Gasteiger partial charge in [-0.1, -0.05) is 35.8 Å². The molecule has 0 bridgehead atoms. The lowest BCUT2D eigenvalue weighted by Crippen LogP contribution is -2.05. The SMILES string of the molecule is Nc1nc(-c2ncc(Cl)s2)nc(C2CCCC2)c1Br. The van der Waals surface area contributed by atoms with Gasteiger partial charge in [0.1, 0.15) is 10.2 Å². The summed E-state index contributed by atoms with van der Waals surface area (Å²) >= 11 is 10.8. The van der Waals surface area contributed by atoms with Crippen molar-refractivity contribution in [3.63, 3.8) is 0 Å². The number of nitrogens with zero attached hydrogens (tertiary/aromatic N) is 3. The van der Waals surface area contributed by atoms with E-state index in [1.165, 1.54) is 24.2 Å². The van der Waals surface area contributed by atoms with Crippen LogP contribution in [0, 0.1) is 0 Å². The van der Waals surface area contributed by atoms with Crippen LogP contribution in [0.3, 0.4) is 0 Å². The molecular weight excluding hydrogens is 348 g/mol. The average Bonchev–Trinajstić information content (AvgIpc) is 3.03. The molecule has 0 atom stereocenters. The Bertz CT molecular complexity index is 610. The van der Waals surface area contributed by atoms with Gasteiger partial charge in [-0.25, -0.2) is 15.0 Å². The molecule has 0 saturated heterocycles. The van der Waals surface area contributed by atoms with Crippen molar-refractivity contribution in [2.45, 2.75) is 31.6 Å². The molecule has 0 aromatic carbocycles. The molecule has 1 saturated carbocycles. The van der Waals surface area contributed by atoms with Crippen LogP contribution in [0.4, 0.5) is 5.82 Å². The van der Waals surface area contributed by atoms with Crippen LogP contribution < -0.4 is 5.73 Å². The molecule has 2 aromatic rings. The lowest BCUT2D eigenvalue weighted by molar-refractivity contribution is 0.691. The first kappa shape index (κ1) is 13.3. The van der Waals surface area contributed by atoms with Gasteiger partial charge in [-0.3, -0.25) is 0 Å². The third-order valence-electron chi connectivity index (χ3n) is 3.31. The summed E-state index contributed by atoms with van der Waals surface area (Å²) in [5.74, 6) is 1.51. The summed E-state index contributed by atoms with van der Waals surface area (Å²) in [6.45, 7) is 0. The molecule has 100 valence electrons. The van der Waals surface area contributed by atoms with Crippen molar-refractivity contribution in [3.8, 4) is 10.8 Å². The molecule has 1 aliphatic carbocycles. The minimum atomic E-state index is 0.467. The molecule has 3 rings (SSSR count). The van der Waals surface area contributed by atoms with E-state index < -0.39 is 0 Å². The van der Waals surface area contributed by atoms with Gasteiger partial charge in [0.2, 0.25) is 0 Å². The first-order valence-corrected chi connectivity index (χ1v) is 8.08. The maximum Gasteiger partial charge on any atom is 0.191 e. The quantitative estimate of drug-likeness (QED) is 0.870. The Morgan fingerprint density at radius 1 is 1.32 bits per heavy atom. The molecule has 0 amide bonds. The Balaban J connectivity index is 2.06. The predicted molar refractivity (Wildman–Crippen MR) is 81.5 cm³/mol. The van der Waals surface area contributed by atoms with Gasteiger partial charge in [0.15, 0.2) is 10.8 Å². The van der Waals surface area contributed by atoms with Gasteiger partial charge in [-0.15, -0.1) is 0 Å². The van der Waals surface area contributed by atoms with Gasteiger partial charge in [0, 0.05) is 5.92 Å². The number of aromatic nitrogens is 3. The molecule has 0 spiro atoms. The van der Waals surface area contributed by atoms with E-state index in [-0.39, 0.29) is 0 Å². The molecule has 7 heteroatoms. The largest absolute Gasteiger partial charge is 0.383 e. The van der Waals surface area contributed by atoms with E-state index >= 15 is 0 Å². The summed E-state index contributed by atoms with van der Waals surface area (Å²) in [5.41, 5.74) is 6.98. The van der Waals surface area contributed by atoms with Gasteiger partial charge >= 0.3 is 0 Å². The Morgan fingerprint density at radius 3 is 2.68 bits per heavy atom. The first-order valence-electron chi connectivity index (χ1n) is 6.09. The van der Waals surface area contributed by atoms with Crippen molar-refractivity contribution in [1.82, 2.24) is 15.0 Å². The highest BCUT2D eigenvalue weighted by atomic mass is 79.9. The average molecular weight is 360 g/mol. The van der Waals surface area contributed by atoms with Crippen LogP contribution >= 0.6 is 38.9 Å². The highest BCUT2D eigenvalue weighted by Crippen LogP contribution is 2.39. The maximum atomic E-state index is 5.98. The zero-order valence-electron chi connectivity index (χ0n) is 10.1. The van der Waals surface area contributed by atoms with E-state index in [4.69, 9.17) is 17.3 Å². The van der Waals surface area contributed by atoms with Crippen LogP contribution in [0.25, 0.3) is 10.8 Å². The summed E-state index contributed by atoms with van der Waals surface area (Å²) in [5, 5.41) is 0.712. The predicted octanol–water partition coefficient (Wildman–Crippen LogP) is 4.26. The number of rotatable bonds is 2. The number of nitrogen functional groups attached to an aromatic ring is 1. The highest BCUT2D eigenvalue weighted by Gasteiger charge is 2.24. The maximum absolute atomic E-state index is 5.98. The standard InChI is InChI=1S/C12H12BrClN4S/c13-8-9(6-3-1-2-4-6)17-11(18-10(8)15)12-16-5-7(14)19-12/h5-6H,1-4H2,(H2,15,17,18). The second-order valence-electron chi connectivity index (χ2n) is 4.58. The zero-order valence-corrected chi connectivity index (χ0v) is 13.2. The number of hydrogen-bond donors (Lipinski definition) is 1. The van der Waals surface area contributed by atoms with Gasteiger partial charge in [0.25, 0.3) is 0 Å². The van der Waals surface area contributed by atoms with E-state index in [1.54, 1.807) is 6.20 Å². The van der Waals surface area contributed by atoms with Crippen molar-refractivity contribution >= 4 is 44.7 Å². The molecule has 19 heavy (non-hydrogen) atoms. The Hall–Kier alpha value is -0.720. The van der Waals surface area contributed by atoms with Crippen LogP contribution in [0.2, 0.25) is 4.34 Å². The molecule has 0 radical (unpaired) electrons. The normalized spacial score (nSPS) is 16.1. The summed E-state index contributed by atoms with van der Waals surface area (Å²) < 4.78 is 1.45. The zero-order chi connectivity index (χ0) is 13.4. The molecule has 2 N–H and O–H groups in total. The second kappa shape index (κ2) is 5.34. The van der Waals surface area contributed by atoms with E-state index in [9.17, 15) is 0 Å². The number of nitrogens with two attached hydrogens (primary N) is 1. The number of anilines is 1. The summed E-state index contributed by atoms with van der Waals surface area (Å²) in [6.07, 6.45) is 6.43. The molecule has 4 nitrogen and oxygen atoms in total. The van der Waals surface area contributed by atoms with Crippen LogP contribution in [0.1, 0.15) is 37.3 Å². The first-order chi connectivity index (χ1) is 9.15. The summed E-state index contributed by atoms with van der Waals surface area (Å²) in [4.78, 5) is 13.2. The topological polar surface area (TPSA) is 64.7 Å². The third kappa shape index (κ3) is 2.61. The fourth-order valence-corrected chi connectivity index (χ4v) is 3.75. The molecule has 2 heterocycles. The number of hydrogen-bond acceptors (Lipinski definition) is 5. The fraction of sp³-hybridized carbons (Fsp3) is 0.417. The van der Waals surface area contributed by atoms with Crippen LogP contribution in [0.5, 0.6) is 0 Å². The van der Waals surface area contributed by atoms with Crippen molar-refractivity contribution in [1.29, 1.82) is 0 Å². The summed E-state index contributed by atoms with van der Waals surface area (Å²) in [6, 6.07) is 0. The van der Waals surface area contributed by atoms with Gasteiger partial charge in [-0.05, 0) is 28.8 Å². The fourth-order valence-electron chi connectivity index (χ4n) is 2.41. The van der Waals surface area contributed by atoms with E-state index in [1.807, 2.05) is 0 Å². The van der Waals surface area contributed by atoms with Gasteiger partial charge in [0.05, 0.1) is 16.4 Å². The Kier molecular flexibility index (Phi) is 3.73. The monoisotopic (exact) mass is 358 g/mol. The Labute approximate surface area is 128 Å². The Morgan fingerprint density at radius 2 is 2.05 bits per heavy atom. The second-order valence-corrected chi connectivity index (χ2v) is 7.04. The number of thiazole rings is 1. The van der Waals surface area contributed by atoms with E-state index in [2.05, 4.69) is 30.9 Å². The van der Waals surface area contributed by atoms with E-state index in [0.29, 0.717) is 26.9 Å². The van der Waals surface area contributed by atoms with Gasteiger partial charge < -0.3 is 5.73 Å². The minimum Gasteiger partial charge on any atom is -0.383 e. The molecule has 1 fully saturated rings. The van der Waals surface area contributed by atoms with E-state index in [0.717, 1.165) is 23.0 Å². The van der Waals surface area contributed by atoms with Gasteiger partial charge in [-0.2, -0.15) is 0 Å². The summed E-state index contributed by atoms with van der Waals surface area (Å²) in [7, 11) is 0. The molecule has 1 aliphatic rings. The van der Waals surface area contributed by atoms with Crippen molar-refractivity contribution in [2.24, 2.45) is 0 Å². The molecule has 2 aromatic heterocycles. The third-order valence-corrected chi connectivity index (χ3v) is 5.24. The van der Waals surface area contributed by atoms with Crippen molar-refractivity contribution < 1.29 is 0 Å². The lowest BCUT2D eigenvalue weighted by Gasteiger charge is -2.13. The van der Waals surface area contributed by atoms with Crippen LogP contribution in [0.15, 0.2) is 10.7 Å². The van der Waals surface area contributed by atoms with Crippen molar-refractivity contribution in [2.75, 3.05) is 5.73 Å². The smallest absolute Gasteiger partial charge is 0.191 e. The molecule has 0 aliphatic heterocycles. The minimum absolute atomic E-state index is 0.467.